The van der Waals surface area contributed by atoms with E-state index in [-0.39, 0.29) is 6.54 Å². The van der Waals surface area contributed by atoms with E-state index in [0.717, 1.165) is 0 Å². The lowest BCUT2D eigenvalue weighted by atomic mass is 10.0. The number of anilines is 1. The molecule has 24 heavy (non-hydrogen) atoms. The van der Waals surface area contributed by atoms with E-state index in [1.54, 1.807) is 29.1 Å². The number of aromatic nitrogens is 2. The zero-order chi connectivity index (χ0) is 17.3. The molecule has 0 aliphatic carbocycles. The van der Waals surface area contributed by atoms with Gasteiger partial charge in [-0.3, -0.25) is 14.3 Å². The Morgan fingerprint density at radius 1 is 1.42 bits per heavy atom. The van der Waals surface area contributed by atoms with E-state index >= 15 is 0 Å². The summed E-state index contributed by atoms with van der Waals surface area (Å²) in [5, 5.41) is 10.3. The topological polar surface area (TPSA) is 85.2 Å². The number of carbonyl (C=O) groups excluding carboxylic acids is 2. The van der Waals surface area contributed by atoms with Crippen molar-refractivity contribution in [2.45, 2.75) is 19.1 Å². The van der Waals surface area contributed by atoms with Gasteiger partial charge in [-0.2, -0.15) is 5.10 Å². The van der Waals surface area contributed by atoms with Gasteiger partial charge < -0.3 is 15.4 Å². The Morgan fingerprint density at radius 3 is 2.92 bits per heavy atom. The number of amides is 2. The van der Waals surface area contributed by atoms with Crippen LogP contribution < -0.4 is 15.4 Å². The van der Waals surface area contributed by atoms with E-state index < -0.39 is 17.4 Å². The van der Waals surface area contributed by atoms with Gasteiger partial charge >= 0.3 is 0 Å². The zero-order valence-corrected chi connectivity index (χ0v) is 14.2. The minimum atomic E-state index is -1.66. The first kappa shape index (κ1) is 16.6. The summed E-state index contributed by atoms with van der Waals surface area (Å²) in [4.78, 5) is 24.7. The van der Waals surface area contributed by atoms with E-state index in [2.05, 4.69) is 15.7 Å². The molecule has 9 heteroatoms. The molecule has 0 spiro atoms. The van der Waals surface area contributed by atoms with Crippen LogP contribution >= 0.6 is 23.2 Å². The standard InChI is InChI=1S/C15H14Cl2N4O3/c1-15(13(22)18-4-5-21-8-10(17)7-19-21)14(23)20-11-6-9(16)2-3-12(11)24-15/h2-3,6-8H,4-5H2,1H3,(H,18,22)(H,20,23). The Balaban J connectivity index is 1.67. The van der Waals surface area contributed by atoms with E-state index in [0.29, 0.717) is 28.0 Å². The molecule has 0 saturated heterocycles. The van der Waals surface area contributed by atoms with Gasteiger partial charge in [0.15, 0.2) is 0 Å². The first-order valence-corrected chi connectivity index (χ1v) is 7.90. The van der Waals surface area contributed by atoms with Crippen LogP contribution in [0.15, 0.2) is 30.6 Å². The fraction of sp³-hybridized carbons (Fsp3) is 0.267. The molecule has 2 aromatic rings. The lowest BCUT2D eigenvalue weighted by molar-refractivity contribution is -0.146. The molecule has 1 aliphatic heterocycles. The first-order valence-electron chi connectivity index (χ1n) is 7.15. The van der Waals surface area contributed by atoms with Crippen LogP contribution in [0, 0.1) is 0 Å². The van der Waals surface area contributed by atoms with Crippen molar-refractivity contribution in [2.24, 2.45) is 0 Å². The number of nitrogens with one attached hydrogen (secondary N) is 2. The summed E-state index contributed by atoms with van der Waals surface area (Å²) in [5.74, 6) is -0.716. The van der Waals surface area contributed by atoms with Crippen LogP contribution in [0.5, 0.6) is 5.75 Å². The molecular formula is C15H14Cl2N4O3. The van der Waals surface area contributed by atoms with Crippen LogP contribution in [0.2, 0.25) is 10.0 Å². The molecule has 0 saturated carbocycles. The molecule has 1 unspecified atom stereocenters. The minimum Gasteiger partial charge on any atom is -0.466 e. The fourth-order valence-corrected chi connectivity index (χ4v) is 2.59. The van der Waals surface area contributed by atoms with Gasteiger partial charge in [-0.1, -0.05) is 23.2 Å². The maximum Gasteiger partial charge on any atom is 0.278 e. The third kappa shape index (κ3) is 3.18. The maximum absolute atomic E-state index is 12.4. The highest BCUT2D eigenvalue weighted by molar-refractivity contribution is 6.31. The van der Waals surface area contributed by atoms with Crippen LogP contribution in [0.1, 0.15) is 6.92 Å². The second-order valence-corrected chi connectivity index (χ2v) is 6.28. The quantitative estimate of drug-likeness (QED) is 0.809. The van der Waals surface area contributed by atoms with Crippen molar-refractivity contribution in [3.63, 3.8) is 0 Å². The summed E-state index contributed by atoms with van der Waals surface area (Å²) >= 11 is 11.7. The molecule has 126 valence electrons. The second kappa shape index (κ2) is 6.33. The molecule has 1 aromatic heterocycles. The number of carbonyl (C=O) groups is 2. The number of hydrogen-bond acceptors (Lipinski definition) is 4. The van der Waals surface area contributed by atoms with Crippen molar-refractivity contribution in [2.75, 3.05) is 11.9 Å². The van der Waals surface area contributed by atoms with E-state index in [1.165, 1.54) is 13.1 Å². The molecule has 2 amide bonds. The Labute approximate surface area is 147 Å². The largest absolute Gasteiger partial charge is 0.466 e. The number of hydrogen-bond donors (Lipinski definition) is 2. The van der Waals surface area contributed by atoms with Crippen molar-refractivity contribution >= 4 is 40.7 Å². The summed E-state index contributed by atoms with van der Waals surface area (Å²) in [6, 6.07) is 4.79. The van der Waals surface area contributed by atoms with Crippen LogP contribution in [0.25, 0.3) is 0 Å². The average Bonchev–Trinajstić information content (AvgIpc) is 2.94. The molecule has 1 aliphatic rings. The normalized spacial score (nSPS) is 19.2. The van der Waals surface area contributed by atoms with Gasteiger partial charge in [0.05, 0.1) is 23.5 Å². The third-order valence-corrected chi connectivity index (χ3v) is 4.03. The molecule has 1 aromatic carbocycles. The molecule has 0 bridgehead atoms. The second-order valence-electron chi connectivity index (χ2n) is 5.41. The molecule has 0 fully saturated rings. The number of nitrogens with zero attached hydrogens (tertiary/aromatic N) is 2. The molecule has 0 radical (unpaired) electrons. The summed E-state index contributed by atoms with van der Waals surface area (Å²) < 4.78 is 7.22. The minimum absolute atomic E-state index is 0.274. The number of rotatable bonds is 4. The summed E-state index contributed by atoms with van der Waals surface area (Å²) in [5.41, 5.74) is -1.23. The van der Waals surface area contributed by atoms with Gasteiger partial charge in [0.1, 0.15) is 5.75 Å². The van der Waals surface area contributed by atoms with E-state index in [1.807, 2.05) is 0 Å². The third-order valence-electron chi connectivity index (χ3n) is 3.60. The highest BCUT2D eigenvalue weighted by atomic mass is 35.5. The average molecular weight is 369 g/mol. The Kier molecular flexibility index (Phi) is 4.38. The monoisotopic (exact) mass is 368 g/mol. The van der Waals surface area contributed by atoms with Gasteiger partial charge in [-0.25, -0.2) is 0 Å². The highest BCUT2D eigenvalue weighted by Gasteiger charge is 2.47. The Morgan fingerprint density at radius 2 is 2.21 bits per heavy atom. The Bertz CT molecular complexity index is 808. The van der Waals surface area contributed by atoms with Crippen LogP contribution in [-0.4, -0.2) is 33.7 Å². The van der Waals surface area contributed by atoms with Gasteiger partial charge in [0.2, 0.25) is 0 Å². The summed E-state index contributed by atoms with van der Waals surface area (Å²) in [7, 11) is 0. The van der Waals surface area contributed by atoms with E-state index in [9.17, 15) is 9.59 Å². The number of benzene rings is 1. The summed E-state index contributed by atoms with van der Waals surface area (Å²) in [6.07, 6.45) is 3.14. The lowest BCUT2D eigenvalue weighted by Gasteiger charge is -2.33. The zero-order valence-electron chi connectivity index (χ0n) is 12.7. The van der Waals surface area contributed by atoms with Crippen LogP contribution in [0.4, 0.5) is 5.69 Å². The van der Waals surface area contributed by atoms with Crippen molar-refractivity contribution in [3.8, 4) is 5.75 Å². The summed E-state index contributed by atoms with van der Waals surface area (Å²) in [6.45, 7) is 2.11. The smallest absolute Gasteiger partial charge is 0.278 e. The van der Waals surface area contributed by atoms with Crippen molar-refractivity contribution < 1.29 is 14.3 Å². The number of ether oxygens (including phenoxy) is 1. The van der Waals surface area contributed by atoms with Crippen molar-refractivity contribution in [1.82, 2.24) is 15.1 Å². The predicted octanol–water partition coefficient (Wildman–Crippen LogP) is 2.10. The van der Waals surface area contributed by atoms with Crippen LogP contribution in [-0.2, 0) is 16.1 Å². The van der Waals surface area contributed by atoms with Gasteiger partial charge in [0, 0.05) is 17.8 Å². The van der Waals surface area contributed by atoms with Crippen molar-refractivity contribution in [3.05, 3.63) is 40.6 Å². The van der Waals surface area contributed by atoms with Gasteiger partial charge in [-0.15, -0.1) is 0 Å². The SMILES string of the molecule is CC1(C(=O)NCCn2cc(Cl)cn2)Oc2ccc(Cl)cc2NC1=O. The number of fused-ring (bicyclic) bond motifs is 1. The molecule has 2 heterocycles. The van der Waals surface area contributed by atoms with Crippen molar-refractivity contribution in [1.29, 1.82) is 0 Å². The lowest BCUT2D eigenvalue weighted by Crippen LogP contribution is -2.59. The molecular weight excluding hydrogens is 355 g/mol. The first-order chi connectivity index (χ1) is 11.4. The highest BCUT2D eigenvalue weighted by Crippen LogP contribution is 2.35. The number of halogens is 2. The van der Waals surface area contributed by atoms with Gasteiger partial charge in [-0.05, 0) is 25.1 Å². The fourth-order valence-electron chi connectivity index (χ4n) is 2.26. The predicted molar refractivity (Wildman–Crippen MR) is 89.4 cm³/mol. The van der Waals surface area contributed by atoms with Gasteiger partial charge in [0.25, 0.3) is 17.4 Å². The molecule has 1 atom stereocenters. The van der Waals surface area contributed by atoms with Crippen LogP contribution in [0.3, 0.4) is 0 Å². The molecule has 2 N–H and O–H groups in total. The molecule has 7 nitrogen and oxygen atoms in total. The molecule has 3 rings (SSSR count). The van der Waals surface area contributed by atoms with E-state index in [4.69, 9.17) is 27.9 Å². The maximum atomic E-state index is 12.4. The Hall–Kier alpha value is -2.25.